The molecule has 0 atom stereocenters. The van der Waals surface area contributed by atoms with E-state index in [0.29, 0.717) is 36.9 Å². The zero-order chi connectivity index (χ0) is 21.1. The molecule has 0 heterocycles. The van der Waals surface area contributed by atoms with Gasteiger partial charge in [0.15, 0.2) is 6.61 Å². The number of rotatable bonds is 10. The van der Waals surface area contributed by atoms with Crippen molar-refractivity contribution in [1.29, 1.82) is 0 Å². The Bertz CT molecular complexity index is 828. The van der Waals surface area contributed by atoms with Gasteiger partial charge in [-0.25, -0.2) is 0 Å². The molecule has 2 N–H and O–H groups in total. The maximum Gasteiger partial charge on any atom is 0.276 e. The highest BCUT2D eigenvalue weighted by Gasteiger charge is 2.13. The number of hydrogen-bond acceptors (Lipinski definition) is 5. The van der Waals surface area contributed by atoms with Crippen LogP contribution in [-0.4, -0.2) is 38.2 Å². The van der Waals surface area contributed by atoms with E-state index in [2.05, 4.69) is 33.7 Å². The fraction of sp³-hybridized carbons (Fsp3) is 0.333. The van der Waals surface area contributed by atoms with E-state index in [1.807, 2.05) is 19.1 Å². The maximum absolute atomic E-state index is 12.4. The number of benzene rings is 2. The van der Waals surface area contributed by atoms with Crippen LogP contribution in [0.25, 0.3) is 0 Å². The summed E-state index contributed by atoms with van der Waals surface area (Å²) in [5, 5.41) is 0. The molecule has 0 aliphatic rings. The number of hydrazine groups is 1. The molecule has 0 bridgehead atoms. The van der Waals surface area contributed by atoms with Gasteiger partial charge in [-0.2, -0.15) is 0 Å². The third kappa shape index (κ3) is 7.40. The van der Waals surface area contributed by atoms with Crippen molar-refractivity contribution in [1.82, 2.24) is 10.9 Å². The van der Waals surface area contributed by atoms with Crippen LogP contribution in [0.4, 0.5) is 0 Å². The Hall–Kier alpha value is -2.58. The van der Waals surface area contributed by atoms with Gasteiger partial charge in [0, 0.05) is 6.61 Å². The Morgan fingerprint density at radius 3 is 2.48 bits per heavy atom. The van der Waals surface area contributed by atoms with Crippen LogP contribution in [0.15, 0.2) is 46.9 Å². The second-order valence-electron chi connectivity index (χ2n) is 5.95. The van der Waals surface area contributed by atoms with E-state index in [1.54, 1.807) is 30.3 Å². The lowest BCUT2D eigenvalue weighted by molar-refractivity contribution is -0.123. The first-order valence-electron chi connectivity index (χ1n) is 9.35. The average Bonchev–Trinajstić information content (AvgIpc) is 2.74. The molecule has 29 heavy (non-hydrogen) atoms. The Labute approximate surface area is 178 Å². The lowest BCUT2D eigenvalue weighted by atomic mass is 10.2. The van der Waals surface area contributed by atoms with E-state index in [4.69, 9.17) is 14.2 Å². The molecule has 156 valence electrons. The summed E-state index contributed by atoms with van der Waals surface area (Å²) < 4.78 is 17.1. The van der Waals surface area contributed by atoms with Crippen LogP contribution >= 0.6 is 15.9 Å². The normalized spacial score (nSPS) is 10.3. The smallest absolute Gasteiger partial charge is 0.276 e. The van der Waals surface area contributed by atoms with Gasteiger partial charge in [-0.15, -0.1) is 0 Å². The third-order valence-electron chi connectivity index (χ3n) is 3.90. The van der Waals surface area contributed by atoms with E-state index < -0.39 is 11.8 Å². The van der Waals surface area contributed by atoms with Crippen LogP contribution in [0.1, 0.15) is 29.8 Å². The summed E-state index contributed by atoms with van der Waals surface area (Å²) in [6, 6.07) is 12.4. The van der Waals surface area contributed by atoms with Crippen LogP contribution in [0.2, 0.25) is 0 Å². The fourth-order valence-corrected chi connectivity index (χ4v) is 2.93. The summed E-state index contributed by atoms with van der Waals surface area (Å²) in [4.78, 5) is 24.4. The molecule has 0 radical (unpaired) electrons. The lowest BCUT2D eigenvalue weighted by Crippen LogP contribution is -2.44. The molecule has 0 fully saturated rings. The molecule has 0 aliphatic carbocycles. The Balaban J connectivity index is 1.83. The lowest BCUT2D eigenvalue weighted by Gasteiger charge is -2.13. The summed E-state index contributed by atoms with van der Waals surface area (Å²) in [5.74, 6) is -0.00901. The highest BCUT2D eigenvalue weighted by Crippen LogP contribution is 2.26. The number of aryl methyl sites for hydroxylation is 1. The van der Waals surface area contributed by atoms with E-state index in [9.17, 15) is 9.59 Å². The van der Waals surface area contributed by atoms with Crippen molar-refractivity contribution in [3.8, 4) is 11.5 Å². The van der Waals surface area contributed by atoms with Crippen molar-refractivity contribution in [3.05, 3.63) is 58.1 Å². The van der Waals surface area contributed by atoms with Gasteiger partial charge in [-0.05, 0) is 59.1 Å². The van der Waals surface area contributed by atoms with E-state index in [-0.39, 0.29) is 6.61 Å². The quantitative estimate of drug-likeness (QED) is 0.416. The van der Waals surface area contributed by atoms with Crippen molar-refractivity contribution in [2.75, 3.05) is 26.4 Å². The molecule has 7 nitrogen and oxygen atoms in total. The number of ether oxygens (including phenoxy) is 3. The van der Waals surface area contributed by atoms with Crippen LogP contribution in [0.5, 0.6) is 11.5 Å². The second-order valence-corrected chi connectivity index (χ2v) is 6.81. The number of carbonyl (C=O) groups excluding carboxylic acids is 2. The van der Waals surface area contributed by atoms with Gasteiger partial charge < -0.3 is 14.2 Å². The van der Waals surface area contributed by atoms with Gasteiger partial charge in [0.05, 0.1) is 16.6 Å². The van der Waals surface area contributed by atoms with Crippen molar-refractivity contribution < 1.29 is 23.8 Å². The highest BCUT2D eigenvalue weighted by molar-refractivity contribution is 9.10. The molecule has 0 aliphatic heterocycles. The van der Waals surface area contributed by atoms with Crippen molar-refractivity contribution >= 4 is 27.7 Å². The van der Waals surface area contributed by atoms with Gasteiger partial charge in [-0.1, -0.05) is 25.1 Å². The average molecular weight is 465 g/mol. The summed E-state index contributed by atoms with van der Waals surface area (Å²) in [7, 11) is 0. The molecule has 0 unspecified atom stereocenters. The minimum Gasteiger partial charge on any atom is -0.490 e. The molecular formula is C21H25BrN2O5. The predicted octanol–water partition coefficient (Wildman–Crippen LogP) is 3.27. The molecule has 0 saturated carbocycles. The van der Waals surface area contributed by atoms with Gasteiger partial charge in [0.2, 0.25) is 0 Å². The zero-order valence-electron chi connectivity index (χ0n) is 16.5. The minimum atomic E-state index is -0.487. The molecule has 2 aromatic carbocycles. The van der Waals surface area contributed by atoms with E-state index in [1.165, 1.54) is 0 Å². The molecule has 8 heteroatoms. The number of amides is 2. The molecule has 0 saturated heterocycles. The summed E-state index contributed by atoms with van der Waals surface area (Å²) in [6.07, 6.45) is 0.905. The number of hydrogen-bond donors (Lipinski definition) is 2. The SMILES string of the molecule is CCOCCOc1ccccc1C(=O)NNC(=O)COc1ccc(CC)cc1Br. The van der Waals surface area contributed by atoms with E-state index >= 15 is 0 Å². The standard InChI is InChI=1S/C21H25BrN2O5/c1-3-15-9-10-19(17(22)13-15)29-14-20(25)23-24-21(26)16-7-5-6-8-18(16)28-12-11-27-4-2/h5-10,13H,3-4,11-12,14H2,1-2H3,(H,23,25)(H,24,26). The largest absolute Gasteiger partial charge is 0.490 e. The third-order valence-corrected chi connectivity index (χ3v) is 4.52. The van der Waals surface area contributed by atoms with Gasteiger partial charge in [0.1, 0.15) is 18.1 Å². The topological polar surface area (TPSA) is 85.9 Å². The number of para-hydroxylation sites is 1. The highest BCUT2D eigenvalue weighted by atomic mass is 79.9. The molecular weight excluding hydrogens is 440 g/mol. The monoisotopic (exact) mass is 464 g/mol. The molecule has 2 rings (SSSR count). The van der Waals surface area contributed by atoms with Crippen molar-refractivity contribution in [2.24, 2.45) is 0 Å². The van der Waals surface area contributed by atoms with E-state index in [0.717, 1.165) is 16.5 Å². The first-order chi connectivity index (χ1) is 14.0. The molecule has 0 aromatic heterocycles. The summed E-state index contributed by atoms with van der Waals surface area (Å²) in [6.45, 7) is 5.06. The van der Waals surface area contributed by atoms with Gasteiger partial charge >= 0.3 is 0 Å². The number of carbonyl (C=O) groups is 2. The van der Waals surface area contributed by atoms with Gasteiger partial charge in [0.25, 0.3) is 11.8 Å². The van der Waals surface area contributed by atoms with Crippen LogP contribution in [-0.2, 0) is 16.0 Å². The van der Waals surface area contributed by atoms with Crippen LogP contribution in [0.3, 0.4) is 0 Å². The second kappa shape index (κ2) is 12.1. The summed E-state index contributed by atoms with van der Waals surface area (Å²) in [5.41, 5.74) is 6.17. The number of halogens is 1. The van der Waals surface area contributed by atoms with Crippen LogP contribution in [0, 0.1) is 0 Å². The first kappa shape index (κ1) is 22.7. The Morgan fingerprint density at radius 2 is 1.76 bits per heavy atom. The maximum atomic E-state index is 12.4. The first-order valence-corrected chi connectivity index (χ1v) is 10.1. The fourth-order valence-electron chi connectivity index (χ4n) is 2.39. The minimum absolute atomic E-state index is 0.239. The molecule has 2 aromatic rings. The molecule has 0 spiro atoms. The predicted molar refractivity (Wildman–Crippen MR) is 113 cm³/mol. The van der Waals surface area contributed by atoms with Crippen LogP contribution < -0.4 is 20.3 Å². The van der Waals surface area contributed by atoms with Crippen molar-refractivity contribution in [3.63, 3.8) is 0 Å². The van der Waals surface area contributed by atoms with Gasteiger partial charge in [-0.3, -0.25) is 20.4 Å². The Kier molecular flexibility index (Phi) is 9.46. The van der Waals surface area contributed by atoms with Crippen molar-refractivity contribution in [2.45, 2.75) is 20.3 Å². The Morgan fingerprint density at radius 1 is 0.966 bits per heavy atom. The number of nitrogens with one attached hydrogen (secondary N) is 2. The summed E-state index contributed by atoms with van der Waals surface area (Å²) >= 11 is 3.42. The zero-order valence-corrected chi connectivity index (χ0v) is 18.1. The molecule has 2 amide bonds.